The smallest absolute Gasteiger partial charge is 0.167 e. The first-order valence-electron chi connectivity index (χ1n) is 18.6. The molecule has 8 nitrogen and oxygen atoms in total. The Morgan fingerprint density at radius 2 is 1.08 bits per heavy atom. The molecular weight excluding hydrogens is 626 g/mol. The van der Waals surface area contributed by atoms with Crippen LogP contribution in [0.3, 0.4) is 0 Å². The molecule has 0 aliphatic heterocycles. The van der Waals surface area contributed by atoms with Gasteiger partial charge in [-0.05, 0) is 67.0 Å². The van der Waals surface area contributed by atoms with Gasteiger partial charge >= 0.3 is 0 Å². The van der Waals surface area contributed by atoms with Gasteiger partial charge in [0.1, 0.15) is 5.69 Å². The lowest BCUT2D eigenvalue weighted by molar-refractivity contribution is 0.286. The van der Waals surface area contributed by atoms with Crippen molar-refractivity contribution < 1.29 is 24.4 Å². The van der Waals surface area contributed by atoms with E-state index < -0.39 is 0 Å². The molecule has 0 bridgehead atoms. The second-order valence-electron chi connectivity index (χ2n) is 12.1. The van der Waals surface area contributed by atoms with E-state index in [-0.39, 0.29) is 11.5 Å². The van der Waals surface area contributed by atoms with Crippen molar-refractivity contribution in [3.63, 3.8) is 0 Å². The van der Waals surface area contributed by atoms with Crippen molar-refractivity contribution in [2.24, 2.45) is 0 Å². The number of unbranched alkanes of at least 4 members (excludes halogenated alkanes) is 6. The number of nitrogens with zero attached hydrogens (tertiary/aromatic N) is 3. The van der Waals surface area contributed by atoms with Crippen molar-refractivity contribution in [1.82, 2.24) is 15.4 Å². The Morgan fingerprint density at radius 1 is 0.580 bits per heavy atom. The molecule has 50 heavy (non-hydrogen) atoms. The first-order valence-corrected chi connectivity index (χ1v) is 18.6. The zero-order valence-electron chi connectivity index (χ0n) is 31.6. The van der Waals surface area contributed by atoms with Crippen LogP contribution in [0.4, 0.5) is 0 Å². The van der Waals surface area contributed by atoms with Crippen LogP contribution >= 0.6 is 0 Å². The summed E-state index contributed by atoms with van der Waals surface area (Å²) in [7, 11) is 1.59. The number of aryl methyl sites for hydroxylation is 2. The van der Waals surface area contributed by atoms with Gasteiger partial charge in [-0.25, -0.2) is 0 Å². The molecule has 4 rings (SSSR count). The highest BCUT2D eigenvalue weighted by Crippen LogP contribution is 2.35. The quantitative estimate of drug-likeness (QED) is 0.0996. The highest BCUT2D eigenvalue weighted by molar-refractivity contribution is 5.64. The van der Waals surface area contributed by atoms with E-state index in [9.17, 15) is 10.2 Å². The minimum atomic E-state index is 0.277. The van der Waals surface area contributed by atoms with Gasteiger partial charge in [0.05, 0.1) is 26.5 Å². The summed E-state index contributed by atoms with van der Waals surface area (Å²) in [6, 6.07) is 17.2. The number of aromatic hydroxyl groups is 2. The number of hydrogen-bond acceptors (Lipinski definition) is 8. The van der Waals surface area contributed by atoms with Gasteiger partial charge in [0.25, 0.3) is 0 Å². The van der Waals surface area contributed by atoms with Crippen LogP contribution in [0.25, 0.3) is 11.3 Å². The number of benzene rings is 3. The number of hydrogen-bond donors (Lipinski definition) is 2. The van der Waals surface area contributed by atoms with Gasteiger partial charge in [0, 0.05) is 16.7 Å². The molecule has 8 heteroatoms. The Bertz CT molecular complexity index is 1430. The van der Waals surface area contributed by atoms with Crippen molar-refractivity contribution in [2.45, 2.75) is 119 Å². The third-order valence-electron chi connectivity index (χ3n) is 8.50. The first kappa shape index (κ1) is 41.8. The van der Waals surface area contributed by atoms with Gasteiger partial charge in [-0.15, -0.1) is 10.2 Å². The van der Waals surface area contributed by atoms with Crippen LogP contribution in [0, 0.1) is 0 Å². The van der Waals surface area contributed by atoms with E-state index in [4.69, 9.17) is 14.2 Å². The molecular formula is C42H61N3O5. The van der Waals surface area contributed by atoms with Gasteiger partial charge in [-0.3, -0.25) is 0 Å². The van der Waals surface area contributed by atoms with E-state index in [1.54, 1.807) is 25.4 Å². The zero-order valence-corrected chi connectivity index (χ0v) is 31.6. The molecule has 0 radical (unpaired) electrons. The normalized spacial score (nSPS) is 10.4. The highest BCUT2D eigenvalue weighted by Gasteiger charge is 2.13. The predicted molar refractivity (Wildman–Crippen MR) is 205 cm³/mol. The third-order valence-corrected chi connectivity index (χ3v) is 8.50. The van der Waals surface area contributed by atoms with Crippen LogP contribution in [0.5, 0.6) is 28.7 Å². The number of rotatable bonds is 18. The third kappa shape index (κ3) is 13.5. The summed E-state index contributed by atoms with van der Waals surface area (Å²) in [5.41, 5.74) is 6.56. The van der Waals surface area contributed by atoms with Crippen LogP contribution in [0.15, 0.2) is 60.8 Å². The largest absolute Gasteiger partial charge is 0.504 e. The van der Waals surface area contributed by atoms with Gasteiger partial charge in [0.15, 0.2) is 28.7 Å². The van der Waals surface area contributed by atoms with Gasteiger partial charge in [-0.1, -0.05) is 123 Å². The summed E-state index contributed by atoms with van der Waals surface area (Å²) in [4.78, 5) is 0. The van der Waals surface area contributed by atoms with Gasteiger partial charge in [0.2, 0.25) is 0 Å². The standard InChI is InChI=1S/2C16H26O2.C10H9N3O/c2*1-4-7-8-9-12-18-16-14(6-3)13(5-2)10-11-15(16)17;1-14-9-7-11-13-12-10(9)8-5-3-2-4-6-8/h2*10-11,17H,4-9,12H2,1-3H3;2-7H,1H3. The molecule has 0 spiro atoms. The SMILES string of the molecule is CCCCCCOc1c(O)ccc(CC)c1CC.CCCCCCOc1c(O)ccc(CC)c1CC.COc1cnnnc1-c1ccccc1. The number of phenolic OH excluding ortho intramolecular Hbond substituents is 2. The van der Waals surface area contributed by atoms with Crippen molar-refractivity contribution in [3.05, 3.63) is 83.0 Å². The molecule has 3 aromatic carbocycles. The van der Waals surface area contributed by atoms with Gasteiger partial charge < -0.3 is 24.4 Å². The minimum absolute atomic E-state index is 0.277. The summed E-state index contributed by atoms with van der Waals surface area (Å²) < 4.78 is 16.7. The van der Waals surface area contributed by atoms with Crippen LogP contribution in [0.2, 0.25) is 0 Å². The van der Waals surface area contributed by atoms with E-state index in [0.717, 1.165) is 55.2 Å². The molecule has 0 unspecified atom stereocenters. The summed E-state index contributed by atoms with van der Waals surface area (Å²) in [6.45, 7) is 14.3. The molecule has 0 aliphatic rings. The first-order chi connectivity index (χ1) is 24.4. The lowest BCUT2D eigenvalue weighted by Gasteiger charge is -2.15. The fourth-order valence-electron chi connectivity index (χ4n) is 5.68. The number of ether oxygens (including phenoxy) is 3. The summed E-state index contributed by atoms with van der Waals surface area (Å²) in [5.74, 6) is 2.59. The molecule has 0 atom stereocenters. The van der Waals surface area contributed by atoms with Crippen LogP contribution in [0.1, 0.15) is 115 Å². The van der Waals surface area contributed by atoms with E-state index in [0.29, 0.717) is 36.2 Å². The zero-order chi connectivity index (χ0) is 36.6. The Labute approximate surface area is 301 Å². The molecule has 0 aliphatic carbocycles. The second kappa shape index (κ2) is 24.7. The van der Waals surface area contributed by atoms with Crippen LogP contribution < -0.4 is 14.2 Å². The Hall–Kier alpha value is -4.33. The Balaban J connectivity index is 0.000000262. The van der Waals surface area contributed by atoms with Crippen molar-refractivity contribution in [1.29, 1.82) is 0 Å². The van der Waals surface area contributed by atoms with E-state index in [2.05, 4.69) is 57.0 Å². The molecule has 0 amide bonds. The van der Waals surface area contributed by atoms with E-state index in [1.165, 1.54) is 49.7 Å². The molecule has 1 heterocycles. The molecule has 4 aromatic rings. The summed E-state index contributed by atoms with van der Waals surface area (Å²) in [6.07, 6.45) is 14.8. The maximum Gasteiger partial charge on any atom is 0.167 e. The predicted octanol–water partition coefficient (Wildman–Crippen LogP) is 10.5. The summed E-state index contributed by atoms with van der Waals surface area (Å²) >= 11 is 0. The molecule has 2 N–H and O–H groups in total. The van der Waals surface area contributed by atoms with Crippen molar-refractivity contribution in [3.8, 4) is 40.0 Å². The average Bonchev–Trinajstić information content (AvgIpc) is 3.16. The maximum atomic E-state index is 9.92. The average molecular weight is 688 g/mol. The fourth-order valence-corrected chi connectivity index (χ4v) is 5.68. The van der Waals surface area contributed by atoms with Crippen LogP contribution in [-0.4, -0.2) is 45.9 Å². The van der Waals surface area contributed by atoms with Crippen LogP contribution in [-0.2, 0) is 25.7 Å². The number of aromatic nitrogens is 3. The van der Waals surface area contributed by atoms with E-state index >= 15 is 0 Å². The van der Waals surface area contributed by atoms with Crippen molar-refractivity contribution in [2.75, 3.05) is 20.3 Å². The molecule has 1 aromatic heterocycles. The molecule has 0 saturated heterocycles. The number of methoxy groups -OCH3 is 1. The molecule has 0 saturated carbocycles. The number of phenols is 2. The maximum absolute atomic E-state index is 9.92. The monoisotopic (exact) mass is 687 g/mol. The van der Waals surface area contributed by atoms with Crippen molar-refractivity contribution >= 4 is 0 Å². The highest BCUT2D eigenvalue weighted by atomic mass is 16.5. The minimum Gasteiger partial charge on any atom is -0.504 e. The lowest BCUT2D eigenvalue weighted by atomic mass is 10.0. The summed E-state index contributed by atoms with van der Waals surface area (Å²) in [5, 5.41) is 31.0. The molecule has 0 fully saturated rings. The molecule has 274 valence electrons. The Morgan fingerprint density at radius 3 is 1.50 bits per heavy atom. The van der Waals surface area contributed by atoms with Gasteiger partial charge in [-0.2, -0.15) is 0 Å². The fraction of sp³-hybridized carbons (Fsp3) is 0.500. The lowest BCUT2D eigenvalue weighted by Crippen LogP contribution is -2.02. The Kier molecular flexibility index (Phi) is 20.7. The second-order valence-corrected chi connectivity index (χ2v) is 12.1. The van der Waals surface area contributed by atoms with E-state index in [1.807, 2.05) is 42.5 Å². The topological polar surface area (TPSA) is 107 Å².